The van der Waals surface area contributed by atoms with E-state index in [9.17, 15) is 9.18 Å². The van der Waals surface area contributed by atoms with Crippen LogP contribution in [0.25, 0.3) is 0 Å². The van der Waals surface area contributed by atoms with E-state index in [1.165, 1.54) is 25.4 Å². The van der Waals surface area contributed by atoms with Crippen molar-refractivity contribution in [1.82, 2.24) is 9.78 Å². The van der Waals surface area contributed by atoms with Gasteiger partial charge in [-0.3, -0.25) is 9.48 Å². The topological polar surface area (TPSA) is 44.1 Å². The Bertz CT molecular complexity index is 653. The Balaban J connectivity index is 2.58. The molecule has 0 saturated heterocycles. The number of ether oxygens (including phenoxy) is 1. The van der Waals surface area contributed by atoms with E-state index in [4.69, 9.17) is 4.74 Å². The summed E-state index contributed by atoms with van der Waals surface area (Å²) >= 11 is 3.11. The molecule has 1 aromatic heterocycles. The molecular formula is C14H14BrFN2O2. The van der Waals surface area contributed by atoms with E-state index in [0.717, 1.165) is 0 Å². The molecule has 0 N–H and O–H groups in total. The Morgan fingerprint density at radius 3 is 2.75 bits per heavy atom. The third kappa shape index (κ3) is 2.47. The van der Waals surface area contributed by atoms with Crippen LogP contribution >= 0.6 is 15.9 Å². The minimum Gasteiger partial charge on any atom is -0.493 e. The second-order valence-electron chi connectivity index (χ2n) is 4.53. The fraction of sp³-hybridized carbons (Fsp3) is 0.286. The van der Waals surface area contributed by atoms with E-state index in [-0.39, 0.29) is 21.9 Å². The number of ketones is 1. The minimum absolute atomic E-state index is 0.00909. The van der Waals surface area contributed by atoms with Gasteiger partial charge >= 0.3 is 0 Å². The molecule has 0 amide bonds. The first-order chi connectivity index (χ1) is 9.47. The highest BCUT2D eigenvalue weighted by Gasteiger charge is 2.24. The third-order valence-corrected chi connectivity index (χ3v) is 3.69. The summed E-state index contributed by atoms with van der Waals surface area (Å²) in [5.41, 5.74) is 0.555. The molecule has 6 heteroatoms. The Labute approximate surface area is 124 Å². The van der Waals surface area contributed by atoms with Crippen molar-refractivity contribution in [2.24, 2.45) is 0 Å². The maximum atomic E-state index is 13.6. The normalized spacial score (nSPS) is 10.9. The monoisotopic (exact) mass is 340 g/mol. The molecule has 2 rings (SSSR count). The highest BCUT2D eigenvalue weighted by atomic mass is 79.9. The van der Waals surface area contributed by atoms with Crippen LogP contribution in [0.4, 0.5) is 4.39 Å². The van der Waals surface area contributed by atoms with E-state index in [2.05, 4.69) is 21.0 Å². The number of carbonyl (C=O) groups is 1. The van der Waals surface area contributed by atoms with Gasteiger partial charge in [0, 0.05) is 11.6 Å². The molecule has 0 unspecified atom stereocenters. The van der Waals surface area contributed by atoms with Gasteiger partial charge in [0.2, 0.25) is 5.78 Å². The van der Waals surface area contributed by atoms with Crippen LogP contribution in [0.2, 0.25) is 0 Å². The molecule has 0 aliphatic heterocycles. The SMILES string of the molecule is COc1cnn(C(C)C)c1C(=O)c1cccc(F)c1Br. The van der Waals surface area contributed by atoms with Crippen molar-refractivity contribution in [2.45, 2.75) is 19.9 Å². The molecule has 106 valence electrons. The molecule has 0 saturated carbocycles. The van der Waals surface area contributed by atoms with Crippen molar-refractivity contribution < 1.29 is 13.9 Å². The first-order valence-electron chi connectivity index (χ1n) is 6.07. The Morgan fingerprint density at radius 1 is 1.45 bits per heavy atom. The lowest BCUT2D eigenvalue weighted by molar-refractivity contribution is 0.102. The summed E-state index contributed by atoms with van der Waals surface area (Å²) in [6, 6.07) is 4.34. The second kappa shape index (κ2) is 5.75. The Hall–Kier alpha value is -1.69. The van der Waals surface area contributed by atoms with Crippen LogP contribution in [0.1, 0.15) is 35.9 Å². The average Bonchev–Trinajstić information content (AvgIpc) is 2.85. The molecule has 4 nitrogen and oxygen atoms in total. The van der Waals surface area contributed by atoms with Crippen molar-refractivity contribution in [1.29, 1.82) is 0 Å². The molecule has 0 aliphatic rings. The molecule has 0 fully saturated rings. The number of halogens is 2. The van der Waals surface area contributed by atoms with Crippen LogP contribution in [0.3, 0.4) is 0 Å². The molecule has 0 spiro atoms. The summed E-state index contributed by atoms with van der Waals surface area (Å²) in [5.74, 6) is -0.440. The molecule has 0 atom stereocenters. The minimum atomic E-state index is -0.481. The molecule has 1 aromatic carbocycles. The number of rotatable bonds is 4. The van der Waals surface area contributed by atoms with Crippen LogP contribution < -0.4 is 4.74 Å². The number of benzene rings is 1. The van der Waals surface area contributed by atoms with Crippen molar-refractivity contribution >= 4 is 21.7 Å². The number of hydrogen-bond donors (Lipinski definition) is 0. The van der Waals surface area contributed by atoms with Crippen molar-refractivity contribution in [3.05, 3.63) is 45.9 Å². The predicted octanol–water partition coefficient (Wildman–Crippen LogP) is 3.61. The first kappa shape index (κ1) is 14.7. The van der Waals surface area contributed by atoms with E-state index in [1.54, 1.807) is 10.7 Å². The van der Waals surface area contributed by atoms with Gasteiger partial charge in [0.15, 0.2) is 11.4 Å². The smallest absolute Gasteiger partial charge is 0.216 e. The largest absolute Gasteiger partial charge is 0.493 e. The Kier molecular flexibility index (Phi) is 4.23. The molecule has 1 heterocycles. The summed E-state index contributed by atoms with van der Waals surface area (Å²) in [6.07, 6.45) is 1.49. The molecule has 0 radical (unpaired) electrons. The summed E-state index contributed by atoms with van der Waals surface area (Å²) in [7, 11) is 1.47. The first-order valence-corrected chi connectivity index (χ1v) is 6.86. The van der Waals surface area contributed by atoms with E-state index in [1.807, 2.05) is 13.8 Å². The maximum absolute atomic E-state index is 13.6. The highest BCUT2D eigenvalue weighted by molar-refractivity contribution is 9.10. The molecule has 0 bridgehead atoms. The van der Waals surface area contributed by atoms with Gasteiger partial charge in [-0.15, -0.1) is 0 Å². The van der Waals surface area contributed by atoms with Gasteiger partial charge in [-0.05, 0) is 41.9 Å². The molecule has 0 aliphatic carbocycles. The van der Waals surface area contributed by atoms with E-state index >= 15 is 0 Å². The van der Waals surface area contributed by atoms with Crippen LogP contribution in [-0.2, 0) is 0 Å². The fourth-order valence-corrected chi connectivity index (χ4v) is 2.35. The van der Waals surface area contributed by atoms with Crippen molar-refractivity contribution in [3.8, 4) is 5.75 Å². The second-order valence-corrected chi connectivity index (χ2v) is 5.32. The quantitative estimate of drug-likeness (QED) is 0.798. The summed E-state index contributed by atoms with van der Waals surface area (Å²) in [6.45, 7) is 3.81. The predicted molar refractivity (Wildman–Crippen MR) is 76.7 cm³/mol. The Morgan fingerprint density at radius 2 is 2.15 bits per heavy atom. The zero-order valence-corrected chi connectivity index (χ0v) is 12.9. The van der Waals surface area contributed by atoms with Gasteiger partial charge in [0.05, 0.1) is 17.8 Å². The van der Waals surface area contributed by atoms with Gasteiger partial charge in [-0.25, -0.2) is 4.39 Å². The fourth-order valence-electron chi connectivity index (χ4n) is 1.91. The standard InChI is InChI=1S/C14H14BrFN2O2/c1-8(2)18-13(11(20-3)7-17-18)14(19)9-5-4-6-10(16)12(9)15/h4-8H,1-3H3. The van der Waals surface area contributed by atoms with E-state index < -0.39 is 5.82 Å². The molecule has 20 heavy (non-hydrogen) atoms. The lowest BCUT2D eigenvalue weighted by Gasteiger charge is -2.12. The van der Waals surface area contributed by atoms with Crippen LogP contribution in [0, 0.1) is 5.82 Å². The van der Waals surface area contributed by atoms with Crippen LogP contribution in [0.5, 0.6) is 5.75 Å². The lowest BCUT2D eigenvalue weighted by Crippen LogP contribution is -2.15. The molecule has 2 aromatic rings. The van der Waals surface area contributed by atoms with Crippen molar-refractivity contribution in [3.63, 3.8) is 0 Å². The van der Waals surface area contributed by atoms with Crippen molar-refractivity contribution in [2.75, 3.05) is 7.11 Å². The lowest BCUT2D eigenvalue weighted by atomic mass is 10.1. The number of methoxy groups -OCH3 is 1. The number of carbonyl (C=O) groups excluding carboxylic acids is 1. The average molecular weight is 341 g/mol. The summed E-state index contributed by atoms with van der Waals surface area (Å²) < 4.78 is 20.5. The van der Waals surface area contributed by atoms with Gasteiger partial charge < -0.3 is 4.74 Å². The van der Waals surface area contributed by atoms with Gasteiger partial charge in [0.25, 0.3) is 0 Å². The number of nitrogens with zero attached hydrogens (tertiary/aromatic N) is 2. The third-order valence-electron chi connectivity index (χ3n) is 2.88. The zero-order chi connectivity index (χ0) is 14.9. The maximum Gasteiger partial charge on any atom is 0.216 e. The van der Waals surface area contributed by atoms with Gasteiger partial charge in [-0.2, -0.15) is 5.10 Å². The van der Waals surface area contributed by atoms with Crippen LogP contribution in [0.15, 0.2) is 28.9 Å². The molecular weight excluding hydrogens is 327 g/mol. The van der Waals surface area contributed by atoms with Gasteiger partial charge in [0.1, 0.15) is 5.82 Å². The summed E-state index contributed by atoms with van der Waals surface area (Å²) in [4.78, 5) is 12.6. The zero-order valence-electron chi connectivity index (χ0n) is 11.4. The van der Waals surface area contributed by atoms with E-state index in [0.29, 0.717) is 11.4 Å². The highest BCUT2D eigenvalue weighted by Crippen LogP contribution is 2.28. The number of hydrogen-bond acceptors (Lipinski definition) is 3. The summed E-state index contributed by atoms with van der Waals surface area (Å²) in [5, 5.41) is 4.15. The van der Waals surface area contributed by atoms with Gasteiger partial charge in [-0.1, -0.05) is 6.07 Å². The number of aromatic nitrogens is 2. The van der Waals surface area contributed by atoms with Crippen LogP contribution in [-0.4, -0.2) is 22.7 Å².